The topological polar surface area (TPSA) is 30.5 Å². The van der Waals surface area contributed by atoms with Gasteiger partial charge in [-0.25, -0.2) is 0 Å². The normalized spacial score (nSPS) is 30.2. The maximum Gasteiger partial charge on any atom is 0.0700 e. The molecule has 3 nitrogen and oxygen atoms in total. The summed E-state index contributed by atoms with van der Waals surface area (Å²) < 4.78 is 10.4. The van der Waals surface area contributed by atoms with Gasteiger partial charge in [0.15, 0.2) is 0 Å². The Kier molecular flexibility index (Phi) is 6.46. The van der Waals surface area contributed by atoms with Crippen LogP contribution in [0.25, 0.3) is 0 Å². The van der Waals surface area contributed by atoms with E-state index in [4.69, 9.17) is 9.47 Å². The van der Waals surface area contributed by atoms with Gasteiger partial charge >= 0.3 is 0 Å². The quantitative estimate of drug-likeness (QED) is 0.608. The van der Waals surface area contributed by atoms with Crippen LogP contribution >= 0.6 is 0 Å². The molecule has 2 rings (SSSR count). The van der Waals surface area contributed by atoms with E-state index in [2.05, 4.69) is 5.32 Å². The minimum Gasteiger partial charge on any atom is -0.382 e. The minimum absolute atomic E-state index is 0.711. The van der Waals surface area contributed by atoms with Gasteiger partial charge in [0.05, 0.1) is 13.2 Å². The zero-order valence-electron chi connectivity index (χ0n) is 11.8. The molecule has 3 atom stereocenters. The molecule has 0 amide bonds. The molecule has 0 heterocycles. The van der Waals surface area contributed by atoms with Crippen molar-refractivity contribution in [3.8, 4) is 0 Å². The average molecular weight is 255 g/mol. The van der Waals surface area contributed by atoms with Crippen molar-refractivity contribution in [2.75, 3.05) is 40.0 Å². The van der Waals surface area contributed by atoms with E-state index in [9.17, 15) is 0 Å². The molecule has 3 heteroatoms. The summed E-state index contributed by atoms with van der Waals surface area (Å²) in [5.74, 6) is 3.12. The SMILES string of the molecule is COCCOCCCCNCC1CC2CCC1C2. The Morgan fingerprint density at radius 2 is 2.00 bits per heavy atom. The van der Waals surface area contributed by atoms with Gasteiger partial charge in [0, 0.05) is 13.7 Å². The van der Waals surface area contributed by atoms with Gasteiger partial charge in [-0.1, -0.05) is 6.42 Å². The average Bonchev–Trinajstić information content (AvgIpc) is 2.99. The molecular formula is C15H29NO2. The number of methoxy groups -OCH3 is 1. The van der Waals surface area contributed by atoms with E-state index in [1.807, 2.05) is 0 Å². The minimum atomic E-state index is 0.711. The van der Waals surface area contributed by atoms with E-state index in [1.165, 1.54) is 38.6 Å². The van der Waals surface area contributed by atoms with E-state index in [0.717, 1.165) is 43.9 Å². The van der Waals surface area contributed by atoms with E-state index < -0.39 is 0 Å². The fraction of sp³-hybridized carbons (Fsp3) is 1.00. The van der Waals surface area contributed by atoms with E-state index in [1.54, 1.807) is 7.11 Å². The summed E-state index contributed by atoms with van der Waals surface area (Å²) in [4.78, 5) is 0. The Balaban J connectivity index is 1.36. The van der Waals surface area contributed by atoms with Gasteiger partial charge in [0.25, 0.3) is 0 Å². The first kappa shape index (κ1) is 14.3. The molecule has 0 spiro atoms. The lowest BCUT2D eigenvalue weighted by atomic mass is 9.89. The predicted octanol–water partition coefficient (Wildman–Crippen LogP) is 2.46. The molecule has 0 radical (unpaired) electrons. The monoisotopic (exact) mass is 255 g/mol. The molecule has 0 aromatic heterocycles. The van der Waals surface area contributed by atoms with E-state index in [-0.39, 0.29) is 0 Å². The molecule has 106 valence electrons. The second-order valence-electron chi connectivity index (χ2n) is 5.95. The van der Waals surface area contributed by atoms with Crippen molar-refractivity contribution in [2.24, 2.45) is 17.8 Å². The summed E-state index contributed by atoms with van der Waals surface area (Å²) in [5, 5.41) is 3.63. The Bertz CT molecular complexity index is 223. The van der Waals surface area contributed by atoms with E-state index in [0.29, 0.717) is 6.61 Å². The van der Waals surface area contributed by atoms with Crippen LogP contribution in [0.4, 0.5) is 0 Å². The van der Waals surface area contributed by atoms with Crippen molar-refractivity contribution in [1.82, 2.24) is 5.32 Å². The van der Waals surface area contributed by atoms with Crippen molar-refractivity contribution < 1.29 is 9.47 Å². The zero-order chi connectivity index (χ0) is 12.6. The standard InChI is InChI=1S/C15H29NO2/c1-17-8-9-18-7-3-2-6-16-12-15-11-13-4-5-14(15)10-13/h13-16H,2-12H2,1H3. The van der Waals surface area contributed by atoms with Gasteiger partial charge in [-0.15, -0.1) is 0 Å². The summed E-state index contributed by atoms with van der Waals surface area (Å²) >= 11 is 0. The van der Waals surface area contributed by atoms with Crippen LogP contribution in [0.3, 0.4) is 0 Å². The number of unbranched alkanes of at least 4 members (excludes halogenated alkanes) is 1. The van der Waals surface area contributed by atoms with Crippen molar-refractivity contribution in [1.29, 1.82) is 0 Å². The van der Waals surface area contributed by atoms with Crippen LogP contribution < -0.4 is 5.32 Å². The lowest BCUT2D eigenvalue weighted by molar-refractivity contribution is 0.0688. The van der Waals surface area contributed by atoms with Crippen molar-refractivity contribution in [3.05, 3.63) is 0 Å². The summed E-state index contributed by atoms with van der Waals surface area (Å²) in [6.07, 6.45) is 8.43. The highest BCUT2D eigenvalue weighted by atomic mass is 16.5. The maximum atomic E-state index is 5.44. The Morgan fingerprint density at radius 3 is 2.72 bits per heavy atom. The predicted molar refractivity (Wildman–Crippen MR) is 73.7 cm³/mol. The van der Waals surface area contributed by atoms with Crippen LogP contribution in [0.2, 0.25) is 0 Å². The lowest BCUT2D eigenvalue weighted by Crippen LogP contribution is -2.27. The largest absolute Gasteiger partial charge is 0.382 e. The van der Waals surface area contributed by atoms with Gasteiger partial charge < -0.3 is 14.8 Å². The van der Waals surface area contributed by atoms with E-state index >= 15 is 0 Å². The second kappa shape index (κ2) is 8.13. The van der Waals surface area contributed by atoms with Crippen LogP contribution in [0.1, 0.15) is 38.5 Å². The third-order valence-corrected chi connectivity index (χ3v) is 4.62. The van der Waals surface area contributed by atoms with Crippen LogP contribution in [0.5, 0.6) is 0 Å². The summed E-state index contributed by atoms with van der Waals surface area (Å²) in [5.41, 5.74) is 0. The van der Waals surface area contributed by atoms with Crippen molar-refractivity contribution in [2.45, 2.75) is 38.5 Å². The lowest BCUT2D eigenvalue weighted by Gasteiger charge is -2.21. The number of nitrogens with one attached hydrogen (secondary N) is 1. The maximum absolute atomic E-state index is 5.44. The smallest absolute Gasteiger partial charge is 0.0700 e. The molecule has 2 aliphatic carbocycles. The Morgan fingerprint density at radius 1 is 1.06 bits per heavy atom. The second-order valence-corrected chi connectivity index (χ2v) is 5.95. The summed E-state index contributed by atoms with van der Waals surface area (Å²) in [6.45, 7) is 4.73. The summed E-state index contributed by atoms with van der Waals surface area (Å²) in [6, 6.07) is 0. The molecule has 2 bridgehead atoms. The first-order valence-electron chi connectivity index (χ1n) is 7.67. The molecule has 18 heavy (non-hydrogen) atoms. The van der Waals surface area contributed by atoms with Gasteiger partial charge in [0.1, 0.15) is 0 Å². The van der Waals surface area contributed by atoms with Crippen molar-refractivity contribution >= 4 is 0 Å². The molecule has 0 saturated heterocycles. The van der Waals surface area contributed by atoms with Gasteiger partial charge in [-0.05, 0) is 62.9 Å². The number of hydrogen-bond donors (Lipinski definition) is 1. The number of ether oxygens (including phenoxy) is 2. The molecular weight excluding hydrogens is 226 g/mol. The molecule has 2 fully saturated rings. The first-order valence-corrected chi connectivity index (χ1v) is 7.67. The first-order chi connectivity index (χ1) is 8.90. The molecule has 0 aromatic carbocycles. The zero-order valence-corrected chi connectivity index (χ0v) is 11.8. The highest BCUT2D eigenvalue weighted by Crippen LogP contribution is 2.47. The number of rotatable bonds is 10. The fourth-order valence-electron chi connectivity index (χ4n) is 3.61. The van der Waals surface area contributed by atoms with Crippen LogP contribution in [-0.2, 0) is 9.47 Å². The number of fused-ring (bicyclic) bond motifs is 2. The van der Waals surface area contributed by atoms with Crippen LogP contribution in [0.15, 0.2) is 0 Å². The Hall–Kier alpha value is -0.120. The molecule has 2 saturated carbocycles. The third-order valence-electron chi connectivity index (χ3n) is 4.62. The molecule has 3 unspecified atom stereocenters. The van der Waals surface area contributed by atoms with Crippen LogP contribution in [0, 0.1) is 17.8 Å². The van der Waals surface area contributed by atoms with Crippen LogP contribution in [-0.4, -0.2) is 40.0 Å². The number of hydrogen-bond acceptors (Lipinski definition) is 3. The molecule has 1 N–H and O–H groups in total. The van der Waals surface area contributed by atoms with Gasteiger partial charge in [-0.3, -0.25) is 0 Å². The van der Waals surface area contributed by atoms with Crippen molar-refractivity contribution in [3.63, 3.8) is 0 Å². The van der Waals surface area contributed by atoms with Gasteiger partial charge in [0.2, 0.25) is 0 Å². The summed E-state index contributed by atoms with van der Waals surface area (Å²) in [7, 11) is 1.71. The highest BCUT2D eigenvalue weighted by Gasteiger charge is 2.38. The van der Waals surface area contributed by atoms with Gasteiger partial charge in [-0.2, -0.15) is 0 Å². The molecule has 0 aliphatic heterocycles. The molecule has 0 aromatic rings. The molecule has 2 aliphatic rings. The fourth-order valence-corrected chi connectivity index (χ4v) is 3.61. The third kappa shape index (κ3) is 4.52. The Labute approximate surface area is 112 Å². The highest BCUT2D eigenvalue weighted by molar-refractivity contribution is 4.90.